The minimum atomic E-state index is 0.115. The monoisotopic (exact) mass is 401 g/mol. The highest BCUT2D eigenvalue weighted by molar-refractivity contribution is 5.93. The molecule has 0 radical (unpaired) electrons. The number of hydrogen-bond donors (Lipinski definition) is 2. The molecule has 0 bridgehead atoms. The first kappa shape index (κ1) is 19.0. The molecule has 1 aliphatic rings. The van der Waals surface area contributed by atoms with Crippen molar-refractivity contribution in [3.63, 3.8) is 0 Å². The summed E-state index contributed by atoms with van der Waals surface area (Å²) in [5, 5.41) is 9.83. The highest BCUT2D eigenvalue weighted by Crippen LogP contribution is 2.38. The minimum Gasteiger partial charge on any atom is -0.420 e. The zero-order chi connectivity index (χ0) is 20.8. The lowest BCUT2D eigenvalue weighted by atomic mass is 9.95. The van der Waals surface area contributed by atoms with Gasteiger partial charge in [-0.3, -0.25) is 4.98 Å². The maximum atomic E-state index is 6.22. The Labute approximate surface area is 175 Å². The second-order valence-corrected chi connectivity index (χ2v) is 8.66. The van der Waals surface area contributed by atoms with Crippen molar-refractivity contribution in [1.82, 2.24) is 20.2 Å². The van der Waals surface area contributed by atoms with Gasteiger partial charge in [0.1, 0.15) is 0 Å². The second kappa shape index (κ2) is 7.36. The number of nitrogens with two attached hydrogens (primary N) is 1. The van der Waals surface area contributed by atoms with Crippen LogP contribution in [0.5, 0.6) is 0 Å². The molecule has 1 aliphatic carbocycles. The van der Waals surface area contributed by atoms with Crippen molar-refractivity contribution in [2.24, 2.45) is 5.73 Å². The molecule has 1 saturated carbocycles. The van der Waals surface area contributed by atoms with Gasteiger partial charge in [-0.1, -0.05) is 20.3 Å². The van der Waals surface area contributed by atoms with Crippen molar-refractivity contribution in [3.05, 3.63) is 53.7 Å². The maximum Gasteiger partial charge on any atom is 0.247 e. The Kier molecular flexibility index (Phi) is 4.66. The molecule has 3 heterocycles. The Bertz CT molecular complexity index is 1210. The Morgan fingerprint density at radius 1 is 1.10 bits per heavy atom. The van der Waals surface area contributed by atoms with Gasteiger partial charge in [0.25, 0.3) is 0 Å². The Morgan fingerprint density at radius 3 is 2.70 bits per heavy atom. The summed E-state index contributed by atoms with van der Waals surface area (Å²) >= 11 is 0. The Balaban J connectivity index is 1.59. The Morgan fingerprint density at radius 2 is 1.97 bits per heavy atom. The number of aryl methyl sites for hydroxylation is 1. The van der Waals surface area contributed by atoms with E-state index in [1.807, 2.05) is 19.2 Å². The van der Waals surface area contributed by atoms with Crippen molar-refractivity contribution >= 4 is 10.9 Å². The van der Waals surface area contributed by atoms with E-state index in [1.165, 1.54) is 10.9 Å². The average molecular weight is 402 g/mol. The molecule has 0 amide bonds. The fourth-order valence-electron chi connectivity index (χ4n) is 4.67. The number of rotatable bonds is 4. The molecule has 1 aromatic carbocycles. The van der Waals surface area contributed by atoms with E-state index in [1.54, 1.807) is 0 Å². The summed E-state index contributed by atoms with van der Waals surface area (Å²) in [7, 11) is 0. The zero-order valence-corrected chi connectivity index (χ0v) is 17.6. The second-order valence-electron chi connectivity index (χ2n) is 8.66. The van der Waals surface area contributed by atoms with Crippen LogP contribution >= 0.6 is 0 Å². The zero-order valence-electron chi connectivity index (χ0n) is 17.6. The van der Waals surface area contributed by atoms with E-state index >= 15 is 0 Å². The van der Waals surface area contributed by atoms with Crippen molar-refractivity contribution in [1.29, 1.82) is 0 Å². The summed E-state index contributed by atoms with van der Waals surface area (Å²) in [6.45, 7) is 6.46. The lowest BCUT2D eigenvalue weighted by molar-refractivity contribution is 0.435. The summed E-state index contributed by atoms with van der Waals surface area (Å²) in [6.07, 6.45) is 5.02. The molecule has 4 aromatic rings. The van der Waals surface area contributed by atoms with Crippen LogP contribution in [-0.4, -0.2) is 26.2 Å². The maximum absolute atomic E-state index is 6.22. The molecule has 6 heteroatoms. The van der Waals surface area contributed by atoms with Crippen LogP contribution in [-0.2, 0) is 0 Å². The molecule has 5 rings (SSSR count). The molecule has 0 spiro atoms. The van der Waals surface area contributed by atoms with Crippen LogP contribution in [0, 0.1) is 6.92 Å². The highest BCUT2D eigenvalue weighted by atomic mass is 16.4. The summed E-state index contributed by atoms with van der Waals surface area (Å²) in [5.74, 6) is 1.76. The number of fused-ring (bicyclic) bond motifs is 1. The van der Waals surface area contributed by atoms with E-state index < -0.39 is 0 Å². The number of pyridine rings is 1. The van der Waals surface area contributed by atoms with Crippen LogP contribution in [0.4, 0.5) is 0 Å². The molecule has 2 unspecified atom stereocenters. The molecule has 30 heavy (non-hydrogen) atoms. The summed E-state index contributed by atoms with van der Waals surface area (Å²) in [6, 6.07) is 10.6. The van der Waals surface area contributed by atoms with E-state index in [-0.39, 0.29) is 12.0 Å². The smallest absolute Gasteiger partial charge is 0.247 e. The fraction of sp³-hybridized carbons (Fsp3) is 0.375. The number of benzene rings is 1. The molecular weight excluding hydrogens is 374 g/mol. The lowest BCUT2D eigenvalue weighted by Crippen LogP contribution is -2.22. The van der Waals surface area contributed by atoms with E-state index in [4.69, 9.17) is 10.2 Å². The third kappa shape index (κ3) is 3.21. The van der Waals surface area contributed by atoms with Gasteiger partial charge in [0.2, 0.25) is 11.8 Å². The largest absolute Gasteiger partial charge is 0.420 e. The van der Waals surface area contributed by atoms with Gasteiger partial charge in [0, 0.05) is 40.0 Å². The molecule has 0 saturated heterocycles. The van der Waals surface area contributed by atoms with Crippen LogP contribution in [0.2, 0.25) is 0 Å². The van der Waals surface area contributed by atoms with Crippen molar-refractivity contribution in [2.45, 2.75) is 57.9 Å². The minimum absolute atomic E-state index is 0.115. The lowest BCUT2D eigenvalue weighted by Gasteiger charge is -2.10. The predicted molar refractivity (Wildman–Crippen MR) is 118 cm³/mol. The first-order valence-electron chi connectivity index (χ1n) is 10.7. The van der Waals surface area contributed by atoms with Crippen molar-refractivity contribution < 1.29 is 4.42 Å². The van der Waals surface area contributed by atoms with E-state index in [9.17, 15) is 0 Å². The van der Waals surface area contributed by atoms with Crippen LogP contribution in [0.1, 0.15) is 62.1 Å². The molecule has 2 atom stereocenters. The van der Waals surface area contributed by atoms with Crippen LogP contribution in [0.3, 0.4) is 0 Å². The molecular formula is C24H27N5O. The molecule has 154 valence electrons. The molecule has 6 nitrogen and oxygen atoms in total. The molecule has 3 N–H and O–H groups in total. The summed E-state index contributed by atoms with van der Waals surface area (Å²) in [5.41, 5.74) is 12.8. The number of aromatic amines is 1. The molecule has 3 aromatic heterocycles. The molecule has 1 fully saturated rings. The average Bonchev–Trinajstić information content (AvgIpc) is 3.44. The quantitative estimate of drug-likeness (QED) is 0.483. The van der Waals surface area contributed by atoms with Crippen LogP contribution in [0.25, 0.3) is 33.6 Å². The number of nitrogens with zero attached hydrogens (tertiary/aromatic N) is 3. The first-order chi connectivity index (χ1) is 14.5. The predicted octanol–water partition coefficient (Wildman–Crippen LogP) is 5.31. The summed E-state index contributed by atoms with van der Waals surface area (Å²) < 4.78 is 6.06. The highest BCUT2D eigenvalue weighted by Gasteiger charge is 2.30. The van der Waals surface area contributed by atoms with Gasteiger partial charge in [0.15, 0.2) is 0 Å². The van der Waals surface area contributed by atoms with Gasteiger partial charge in [-0.15, -0.1) is 10.2 Å². The number of H-pyrrole nitrogens is 1. The van der Waals surface area contributed by atoms with Crippen LogP contribution < -0.4 is 5.73 Å². The standard InChI is InChI=1S/C24H27N5O/c1-13(2)21-18-12-16(23-28-29-24(30-23)17-5-4-6-19(17)25)7-8-20(18)27-22(21)15-9-10-26-14(3)11-15/h7-13,17,19,27H,4-6,25H2,1-3H3. The van der Waals surface area contributed by atoms with Gasteiger partial charge in [-0.2, -0.15) is 0 Å². The fourth-order valence-corrected chi connectivity index (χ4v) is 4.67. The third-order valence-corrected chi connectivity index (χ3v) is 6.18. The topological polar surface area (TPSA) is 93.6 Å². The van der Waals surface area contributed by atoms with Gasteiger partial charge < -0.3 is 15.1 Å². The van der Waals surface area contributed by atoms with Gasteiger partial charge >= 0.3 is 0 Å². The first-order valence-corrected chi connectivity index (χ1v) is 10.7. The number of nitrogens with one attached hydrogen (secondary N) is 1. The normalized spacial score (nSPS) is 19.2. The Hall–Kier alpha value is -2.99. The number of aromatic nitrogens is 4. The van der Waals surface area contributed by atoms with Gasteiger partial charge in [-0.05, 0) is 61.6 Å². The third-order valence-electron chi connectivity index (χ3n) is 6.18. The van der Waals surface area contributed by atoms with E-state index in [2.05, 4.69) is 58.3 Å². The van der Waals surface area contributed by atoms with Gasteiger partial charge in [-0.25, -0.2) is 0 Å². The van der Waals surface area contributed by atoms with E-state index in [0.717, 1.165) is 47.3 Å². The van der Waals surface area contributed by atoms with Crippen LogP contribution in [0.15, 0.2) is 40.9 Å². The van der Waals surface area contributed by atoms with Crippen molar-refractivity contribution in [2.75, 3.05) is 0 Å². The SMILES string of the molecule is Cc1cc(-c2[nH]c3ccc(-c4nnc(C5CCCC5N)o4)cc3c2C(C)C)ccn1. The number of hydrogen-bond acceptors (Lipinski definition) is 5. The van der Waals surface area contributed by atoms with Crippen molar-refractivity contribution in [3.8, 4) is 22.7 Å². The summed E-state index contributed by atoms with van der Waals surface area (Å²) in [4.78, 5) is 7.95. The molecule has 0 aliphatic heterocycles. The van der Waals surface area contributed by atoms with E-state index in [0.29, 0.717) is 17.7 Å². The van der Waals surface area contributed by atoms with Gasteiger partial charge in [0.05, 0.1) is 11.6 Å².